The number of carbonyl (C=O) groups is 1. The fourth-order valence-electron chi connectivity index (χ4n) is 1.49. The molecule has 1 N–H and O–H groups in total. The summed E-state index contributed by atoms with van der Waals surface area (Å²) in [7, 11) is 2.06. The molecule has 0 atom stereocenters. The van der Waals surface area contributed by atoms with E-state index in [4.69, 9.17) is 0 Å². The van der Waals surface area contributed by atoms with Crippen molar-refractivity contribution < 1.29 is 9.63 Å². The van der Waals surface area contributed by atoms with Gasteiger partial charge in [-0.3, -0.25) is 0 Å². The molecule has 0 amide bonds. The average molecular weight is 339 g/mol. The Labute approximate surface area is 105 Å². The average Bonchev–Trinajstić information content (AvgIpc) is 2.60. The van der Waals surface area contributed by atoms with Gasteiger partial charge >= 0.3 is 5.97 Å². The lowest BCUT2D eigenvalue weighted by molar-refractivity contribution is 0.0452. The zero-order valence-corrected chi connectivity index (χ0v) is 11.1. The SMILES string of the molecule is CN1CCc2nc(C(=O)ONI)sc2C1. The summed E-state index contributed by atoms with van der Waals surface area (Å²) in [5.74, 6) is -0.411. The highest BCUT2D eigenvalue weighted by molar-refractivity contribution is 14.1. The minimum atomic E-state index is -0.411. The molecule has 0 unspecified atom stereocenters. The van der Waals surface area contributed by atoms with Crippen LogP contribution in [0.15, 0.2) is 0 Å². The molecule has 2 heterocycles. The first-order chi connectivity index (χ1) is 7.20. The van der Waals surface area contributed by atoms with Crippen LogP contribution in [0.25, 0.3) is 0 Å². The molecular formula is C8H10IN3O2S. The first-order valence-electron chi connectivity index (χ1n) is 4.44. The van der Waals surface area contributed by atoms with E-state index in [1.54, 1.807) is 22.9 Å². The zero-order valence-electron chi connectivity index (χ0n) is 8.12. The van der Waals surface area contributed by atoms with Crippen LogP contribution >= 0.6 is 34.2 Å². The van der Waals surface area contributed by atoms with Gasteiger partial charge in [-0.1, -0.05) is 3.69 Å². The summed E-state index contributed by atoms with van der Waals surface area (Å²) in [5.41, 5.74) is 1.04. The first kappa shape index (κ1) is 11.2. The number of halogens is 1. The Hall–Kier alpha value is -0.250. The van der Waals surface area contributed by atoms with Crippen LogP contribution < -0.4 is 3.69 Å². The highest BCUT2D eigenvalue weighted by Crippen LogP contribution is 2.24. The highest BCUT2D eigenvalue weighted by atomic mass is 127. The van der Waals surface area contributed by atoms with E-state index in [-0.39, 0.29) is 0 Å². The van der Waals surface area contributed by atoms with E-state index in [1.165, 1.54) is 16.2 Å². The van der Waals surface area contributed by atoms with E-state index in [1.807, 2.05) is 0 Å². The van der Waals surface area contributed by atoms with Gasteiger partial charge in [0.2, 0.25) is 5.01 Å². The number of nitrogens with zero attached hydrogens (tertiary/aromatic N) is 2. The number of likely N-dealkylation sites (N-methyl/N-ethyl adjacent to an activating group) is 1. The minimum absolute atomic E-state index is 0.411. The van der Waals surface area contributed by atoms with Gasteiger partial charge < -0.3 is 9.74 Å². The predicted octanol–water partition coefficient (Wildman–Crippen LogP) is 1.14. The van der Waals surface area contributed by atoms with Gasteiger partial charge in [0.1, 0.15) is 0 Å². The van der Waals surface area contributed by atoms with E-state index < -0.39 is 5.97 Å². The summed E-state index contributed by atoms with van der Waals surface area (Å²) >= 11 is 3.17. The normalized spacial score (nSPS) is 16.1. The van der Waals surface area contributed by atoms with E-state index in [2.05, 4.69) is 25.5 Å². The van der Waals surface area contributed by atoms with E-state index in [9.17, 15) is 4.79 Å². The zero-order chi connectivity index (χ0) is 10.8. The maximum absolute atomic E-state index is 11.4. The van der Waals surface area contributed by atoms with Crippen molar-refractivity contribution in [1.82, 2.24) is 13.6 Å². The van der Waals surface area contributed by atoms with E-state index in [0.29, 0.717) is 5.01 Å². The topological polar surface area (TPSA) is 54.5 Å². The molecule has 2 rings (SSSR count). The molecule has 0 fully saturated rings. The number of hydrogen-bond donors (Lipinski definition) is 1. The maximum atomic E-state index is 11.4. The van der Waals surface area contributed by atoms with Gasteiger partial charge in [0, 0.05) is 24.4 Å². The van der Waals surface area contributed by atoms with Crippen LogP contribution in [0.3, 0.4) is 0 Å². The molecule has 0 radical (unpaired) electrons. The minimum Gasteiger partial charge on any atom is -0.355 e. The van der Waals surface area contributed by atoms with Gasteiger partial charge in [-0.05, 0) is 7.05 Å². The molecule has 1 aromatic heterocycles. The molecule has 5 nitrogen and oxygen atoms in total. The summed E-state index contributed by atoms with van der Waals surface area (Å²) in [5, 5.41) is 0.430. The van der Waals surface area contributed by atoms with Gasteiger partial charge in [-0.25, -0.2) is 9.78 Å². The van der Waals surface area contributed by atoms with Crippen molar-refractivity contribution in [3.8, 4) is 0 Å². The van der Waals surface area contributed by atoms with Crippen LogP contribution in [0, 0.1) is 0 Å². The molecule has 0 bridgehead atoms. The number of hydrogen-bond acceptors (Lipinski definition) is 6. The second-order valence-electron chi connectivity index (χ2n) is 3.34. The van der Waals surface area contributed by atoms with Crippen LogP contribution in [0.2, 0.25) is 0 Å². The van der Waals surface area contributed by atoms with E-state index >= 15 is 0 Å². The van der Waals surface area contributed by atoms with Crippen molar-refractivity contribution in [2.24, 2.45) is 0 Å². The second kappa shape index (κ2) is 4.73. The molecule has 15 heavy (non-hydrogen) atoms. The lowest BCUT2D eigenvalue weighted by atomic mass is 10.2. The summed E-state index contributed by atoms with van der Waals surface area (Å²) in [6.07, 6.45) is 0.910. The number of carbonyl (C=O) groups excluding carboxylic acids is 1. The Morgan fingerprint density at radius 1 is 1.73 bits per heavy atom. The summed E-state index contributed by atoms with van der Waals surface area (Å²) < 4.78 is 2.33. The molecule has 82 valence electrons. The van der Waals surface area contributed by atoms with Crippen LogP contribution in [0.4, 0.5) is 0 Å². The van der Waals surface area contributed by atoms with Gasteiger partial charge in [-0.15, -0.1) is 11.3 Å². The van der Waals surface area contributed by atoms with Crippen molar-refractivity contribution in [1.29, 1.82) is 0 Å². The highest BCUT2D eigenvalue weighted by Gasteiger charge is 2.21. The Morgan fingerprint density at radius 3 is 3.27 bits per heavy atom. The third-order valence-corrected chi connectivity index (χ3v) is 3.51. The van der Waals surface area contributed by atoms with Crippen molar-refractivity contribution in [2.75, 3.05) is 13.6 Å². The smallest absolute Gasteiger partial charge is 0.355 e. The van der Waals surface area contributed by atoms with Crippen LogP contribution in [-0.4, -0.2) is 29.4 Å². The summed E-state index contributed by atoms with van der Waals surface area (Å²) in [6.45, 7) is 1.87. The Kier molecular flexibility index (Phi) is 3.54. The second-order valence-corrected chi connectivity index (χ2v) is 4.87. The van der Waals surface area contributed by atoms with Crippen molar-refractivity contribution >= 4 is 40.2 Å². The summed E-state index contributed by atoms with van der Waals surface area (Å²) in [4.78, 5) is 23.7. The Bertz CT molecular complexity index is 382. The number of fused-ring (bicyclic) bond motifs is 1. The maximum Gasteiger partial charge on any atom is 0.386 e. The van der Waals surface area contributed by atoms with Gasteiger partial charge in [0.15, 0.2) is 0 Å². The largest absolute Gasteiger partial charge is 0.386 e. The molecule has 7 heteroatoms. The molecule has 0 aromatic carbocycles. The van der Waals surface area contributed by atoms with E-state index in [0.717, 1.165) is 25.2 Å². The number of nitrogens with one attached hydrogen (secondary N) is 1. The third-order valence-electron chi connectivity index (χ3n) is 2.23. The number of rotatable bonds is 2. The molecule has 1 aromatic rings. The van der Waals surface area contributed by atoms with Crippen molar-refractivity contribution in [2.45, 2.75) is 13.0 Å². The van der Waals surface area contributed by atoms with Gasteiger partial charge in [0.25, 0.3) is 0 Å². The standard InChI is InChI=1S/C8H10IN3O2S/c1-12-3-2-5-6(4-12)15-7(10-5)8(13)14-11-9/h11H,2-4H2,1H3. The fourth-order valence-corrected chi connectivity index (χ4v) is 2.75. The monoisotopic (exact) mass is 339 g/mol. The van der Waals surface area contributed by atoms with Gasteiger partial charge in [-0.2, -0.15) is 0 Å². The Balaban J connectivity index is 2.19. The Morgan fingerprint density at radius 2 is 2.53 bits per heavy atom. The number of thiazole rings is 1. The third kappa shape index (κ3) is 2.47. The molecule has 0 aliphatic carbocycles. The fraction of sp³-hybridized carbons (Fsp3) is 0.500. The van der Waals surface area contributed by atoms with Crippen LogP contribution in [0.1, 0.15) is 20.4 Å². The quantitative estimate of drug-likeness (QED) is 0.498. The molecule has 1 aliphatic heterocycles. The number of aromatic nitrogens is 1. The molecular weight excluding hydrogens is 329 g/mol. The molecule has 0 spiro atoms. The molecule has 0 saturated carbocycles. The molecule has 0 saturated heterocycles. The first-order valence-corrected chi connectivity index (χ1v) is 6.34. The molecule has 1 aliphatic rings. The lowest BCUT2D eigenvalue weighted by Crippen LogP contribution is -2.25. The van der Waals surface area contributed by atoms with Crippen LogP contribution in [-0.2, 0) is 17.8 Å². The predicted molar refractivity (Wildman–Crippen MR) is 64.7 cm³/mol. The van der Waals surface area contributed by atoms with Crippen LogP contribution in [0.5, 0.6) is 0 Å². The van der Waals surface area contributed by atoms with Crippen molar-refractivity contribution in [3.63, 3.8) is 0 Å². The summed E-state index contributed by atoms with van der Waals surface area (Å²) in [6, 6.07) is 0. The van der Waals surface area contributed by atoms with Gasteiger partial charge in [0.05, 0.1) is 28.6 Å². The van der Waals surface area contributed by atoms with Crippen molar-refractivity contribution in [3.05, 3.63) is 15.6 Å². The lowest BCUT2D eigenvalue weighted by Gasteiger charge is -2.20.